The van der Waals surface area contributed by atoms with Crippen molar-refractivity contribution in [3.8, 4) is 6.07 Å². The van der Waals surface area contributed by atoms with Crippen molar-refractivity contribution in [1.82, 2.24) is 0 Å². The Bertz CT molecular complexity index is 514. The molecule has 0 aromatic heterocycles. The lowest BCUT2D eigenvalue weighted by molar-refractivity contribution is -0.139. The maximum Gasteiger partial charge on any atom is 0.192 e. The first kappa shape index (κ1) is 17.7. The summed E-state index contributed by atoms with van der Waals surface area (Å²) in [5, 5.41) is 20.6. The van der Waals surface area contributed by atoms with Crippen molar-refractivity contribution in [3.05, 3.63) is 11.6 Å². The van der Waals surface area contributed by atoms with Crippen LogP contribution in [0.2, 0.25) is 18.1 Å². The van der Waals surface area contributed by atoms with Gasteiger partial charge in [0.25, 0.3) is 0 Å². The molecule has 0 amide bonds. The minimum atomic E-state index is -1.87. The summed E-state index contributed by atoms with van der Waals surface area (Å²) in [7, 11) is -1.87. The number of allylic oxidation sites excluding steroid dienone is 1. The number of hydrogen-bond acceptors (Lipinski definition) is 3. The summed E-state index contributed by atoms with van der Waals surface area (Å²) in [6.07, 6.45) is 6.23. The first-order valence-corrected chi connectivity index (χ1v) is 11.4. The van der Waals surface area contributed by atoms with Gasteiger partial charge in [0, 0.05) is 11.0 Å². The van der Waals surface area contributed by atoms with Gasteiger partial charge in [-0.15, -0.1) is 0 Å². The third-order valence-corrected chi connectivity index (χ3v) is 10.9. The van der Waals surface area contributed by atoms with Crippen LogP contribution >= 0.6 is 0 Å². The Morgan fingerprint density at radius 3 is 2.55 bits per heavy atom. The van der Waals surface area contributed by atoms with Crippen molar-refractivity contribution in [3.63, 3.8) is 0 Å². The minimum absolute atomic E-state index is 0.0867. The van der Waals surface area contributed by atoms with E-state index in [2.05, 4.69) is 46.9 Å². The molecule has 2 aliphatic carbocycles. The van der Waals surface area contributed by atoms with Crippen LogP contribution in [0.1, 0.15) is 59.8 Å². The zero-order valence-corrected chi connectivity index (χ0v) is 16.0. The van der Waals surface area contributed by atoms with Crippen LogP contribution < -0.4 is 0 Å². The quantitative estimate of drug-likeness (QED) is 0.760. The lowest BCUT2D eigenvalue weighted by Crippen LogP contribution is -2.60. The van der Waals surface area contributed by atoms with E-state index in [0.29, 0.717) is 0 Å². The van der Waals surface area contributed by atoms with Crippen LogP contribution in [-0.2, 0) is 4.43 Å². The van der Waals surface area contributed by atoms with E-state index in [4.69, 9.17) is 4.43 Å². The smallest absolute Gasteiger partial charge is 0.192 e. The Morgan fingerprint density at radius 2 is 2.00 bits per heavy atom. The minimum Gasteiger partial charge on any atom is -0.413 e. The molecule has 0 bridgehead atoms. The largest absolute Gasteiger partial charge is 0.413 e. The van der Waals surface area contributed by atoms with Crippen LogP contribution in [0.4, 0.5) is 0 Å². The van der Waals surface area contributed by atoms with Crippen LogP contribution in [0.5, 0.6) is 0 Å². The van der Waals surface area contributed by atoms with Crippen LogP contribution in [-0.4, -0.2) is 25.1 Å². The Hall–Kier alpha value is -0.633. The summed E-state index contributed by atoms with van der Waals surface area (Å²) < 4.78 is 6.72. The summed E-state index contributed by atoms with van der Waals surface area (Å²) in [6, 6.07) is 2.24. The van der Waals surface area contributed by atoms with Crippen LogP contribution in [0, 0.1) is 16.7 Å². The molecule has 4 heteroatoms. The fourth-order valence-electron chi connectivity index (χ4n) is 3.62. The van der Waals surface area contributed by atoms with E-state index in [-0.39, 0.29) is 16.6 Å². The van der Waals surface area contributed by atoms with Crippen LogP contribution in [0.25, 0.3) is 0 Å². The molecule has 3 nitrogen and oxygen atoms in total. The van der Waals surface area contributed by atoms with Gasteiger partial charge in [0.2, 0.25) is 0 Å². The molecular weight excluding hydrogens is 290 g/mol. The van der Waals surface area contributed by atoms with E-state index in [1.54, 1.807) is 0 Å². The summed E-state index contributed by atoms with van der Waals surface area (Å²) in [5.41, 5.74) is -0.434. The van der Waals surface area contributed by atoms with E-state index < -0.39 is 13.9 Å². The van der Waals surface area contributed by atoms with Crippen molar-refractivity contribution in [2.75, 3.05) is 0 Å². The fourth-order valence-corrected chi connectivity index (χ4v) is 5.06. The van der Waals surface area contributed by atoms with E-state index in [0.717, 1.165) is 37.7 Å². The standard InChI is InChI=1S/C18H31NO2Si/c1-16(2,3)22(5,6)21-15-8-7-10-18(20)12-14(13-19)9-11-17(15,18)4/h12,15,20H,7-11H2,1-6H3/t15-,17+,18+/m0/s1. The van der Waals surface area contributed by atoms with E-state index in [1.807, 2.05) is 6.08 Å². The second-order valence-electron chi connectivity index (χ2n) is 8.88. The summed E-state index contributed by atoms with van der Waals surface area (Å²) in [6.45, 7) is 13.5. The van der Waals surface area contributed by atoms with Crippen molar-refractivity contribution in [2.24, 2.45) is 5.41 Å². The Balaban J connectivity index is 2.32. The molecule has 1 saturated carbocycles. The van der Waals surface area contributed by atoms with Crippen molar-refractivity contribution < 1.29 is 9.53 Å². The normalized spacial score (nSPS) is 36.3. The highest BCUT2D eigenvalue weighted by atomic mass is 28.4. The van der Waals surface area contributed by atoms with E-state index in [9.17, 15) is 10.4 Å². The molecule has 0 aliphatic heterocycles. The number of rotatable bonds is 2. The monoisotopic (exact) mass is 321 g/mol. The highest BCUT2D eigenvalue weighted by molar-refractivity contribution is 6.74. The summed E-state index contributed by atoms with van der Waals surface area (Å²) in [4.78, 5) is 0. The first-order valence-electron chi connectivity index (χ1n) is 8.47. The zero-order valence-electron chi connectivity index (χ0n) is 15.0. The Labute approximate surface area is 136 Å². The van der Waals surface area contributed by atoms with Gasteiger partial charge in [0.05, 0.1) is 17.8 Å². The molecule has 3 atom stereocenters. The molecule has 0 aromatic carbocycles. The molecule has 1 fully saturated rings. The van der Waals surface area contributed by atoms with Gasteiger partial charge in [-0.2, -0.15) is 5.26 Å². The highest BCUT2D eigenvalue weighted by Crippen LogP contribution is 2.54. The molecular formula is C18H31NO2Si. The van der Waals surface area contributed by atoms with E-state index >= 15 is 0 Å². The molecule has 2 aliphatic rings. The van der Waals surface area contributed by atoms with Gasteiger partial charge in [0.1, 0.15) is 0 Å². The Kier molecular flexibility index (Phi) is 4.41. The molecule has 0 aromatic rings. The molecule has 0 saturated heterocycles. The number of nitrogens with zero attached hydrogens (tertiary/aromatic N) is 1. The molecule has 0 heterocycles. The van der Waals surface area contributed by atoms with Crippen molar-refractivity contribution in [1.29, 1.82) is 5.26 Å². The van der Waals surface area contributed by atoms with Gasteiger partial charge in [0.15, 0.2) is 8.32 Å². The van der Waals surface area contributed by atoms with E-state index in [1.165, 1.54) is 0 Å². The molecule has 0 spiro atoms. The molecule has 0 radical (unpaired) electrons. The molecule has 2 rings (SSSR count). The predicted octanol–water partition coefficient (Wildman–Crippen LogP) is 4.54. The van der Waals surface area contributed by atoms with Gasteiger partial charge >= 0.3 is 0 Å². The summed E-state index contributed by atoms with van der Waals surface area (Å²) in [5.74, 6) is 0. The maximum absolute atomic E-state index is 11.2. The van der Waals surface area contributed by atoms with Crippen LogP contribution in [0.15, 0.2) is 11.6 Å². The average molecular weight is 322 g/mol. The van der Waals surface area contributed by atoms with Crippen LogP contribution in [0.3, 0.4) is 0 Å². The fraction of sp³-hybridized carbons (Fsp3) is 0.833. The Morgan fingerprint density at radius 1 is 1.36 bits per heavy atom. The SMILES string of the molecule is CC(C)(C)[Si](C)(C)O[C@H]1CCC[C@@]2(O)C=C(C#N)CC[C@]12C. The third-order valence-electron chi connectivity index (χ3n) is 6.44. The highest BCUT2D eigenvalue weighted by Gasteiger charge is 2.56. The second-order valence-corrected chi connectivity index (χ2v) is 13.6. The van der Waals surface area contributed by atoms with Gasteiger partial charge in [-0.25, -0.2) is 0 Å². The lowest BCUT2D eigenvalue weighted by atomic mass is 9.57. The number of hydrogen-bond donors (Lipinski definition) is 1. The maximum atomic E-state index is 11.2. The van der Waals surface area contributed by atoms with Crippen molar-refractivity contribution >= 4 is 8.32 Å². The third kappa shape index (κ3) is 2.79. The molecule has 1 N–H and O–H groups in total. The van der Waals surface area contributed by atoms with Crippen molar-refractivity contribution in [2.45, 2.75) is 89.6 Å². The van der Waals surface area contributed by atoms with Gasteiger partial charge in [-0.3, -0.25) is 0 Å². The lowest BCUT2D eigenvalue weighted by Gasteiger charge is -2.56. The van der Waals surface area contributed by atoms with Gasteiger partial charge < -0.3 is 9.53 Å². The summed E-state index contributed by atoms with van der Waals surface area (Å²) >= 11 is 0. The predicted molar refractivity (Wildman–Crippen MR) is 91.9 cm³/mol. The molecule has 124 valence electrons. The first-order chi connectivity index (χ1) is 9.95. The second kappa shape index (κ2) is 5.47. The number of aliphatic hydroxyl groups is 1. The number of nitriles is 1. The van der Waals surface area contributed by atoms with Gasteiger partial charge in [-0.1, -0.05) is 27.7 Å². The average Bonchev–Trinajstić information content (AvgIpc) is 2.38. The van der Waals surface area contributed by atoms with Gasteiger partial charge in [-0.05, 0) is 56.3 Å². The topological polar surface area (TPSA) is 53.2 Å². The zero-order chi connectivity index (χ0) is 16.8. The molecule has 0 unspecified atom stereocenters. The molecule has 22 heavy (non-hydrogen) atoms. The number of fused-ring (bicyclic) bond motifs is 1.